The molecule has 0 unspecified atom stereocenters. The lowest BCUT2D eigenvalue weighted by Gasteiger charge is -1.94. The van der Waals surface area contributed by atoms with Crippen LogP contribution >= 0.6 is 0 Å². The Morgan fingerprint density at radius 1 is 1.55 bits per heavy atom. The molecule has 0 atom stereocenters. The highest BCUT2D eigenvalue weighted by Gasteiger charge is 2.04. The number of fused-ring (bicyclic) bond motifs is 1. The molecule has 0 bridgehead atoms. The number of halogens is 1. The standard InChI is InChI=1S/C8H7FN2/c1-5-4-11-8-6(7(5)9)2-3-10-8/h2-4H,1H3,(H,10,11). The van der Waals surface area contributed by atoms with Crippen LogP contribution in [0.1, 0.15) is 5.56 Å². The quantitative estimate of drug-likeness (QED) is 0.611. The third-order valence-electron chi connectivity index (χ3n) is 1.70. The van der Waals surface area contributed by atoms with Crippen molar-refractivity contribution in [2.24, 2.45) is 0 Å². The molecule has 2 heterocycles. The zero-order chi connectivity index (χ0) is 7.84. The number of hydrogen-bond donors (Lipinski definition) is 1. The van der Waals surface area contributed by atoms with Crippen LogP contribution < -0.4 is 0 Å². The number of hydrogen-bond acceptors (Lipinski definition) is 1. The monoisotopic (exact) mass is 150 g/mol. The van der Waals surface area contributed by atoms with Gasteiger partial charge < -0.3 is 4.98 Å². The number of nitrogens with one attached hydrogen (secondary N) is 1. The molecule has 0 spiro atoms. The van der Waals surface area contributed by atoms with Gasteiger partial charge in [-0.1, -0.05) is 0 Å². The van der Waals surface area contributed by atoms with Crippen molar-refractivity contribution in [1.29, 1.82) is 0 Å². The van der Waals surface area contributed by atoms with E-state index in [0.29, 0.717) is 16.6 Å². The third-order valence-corrected chi connectivity index (χ3v) is 1.70. The number of aromatic nitrogens is 2. The molecular formula is C8H7FN2. The van der Waals surface area contributed by atoms with Crippen LogP contribution in [0.3, 0.4) is 0 Å². The van der Waals surface area contributed by atoms with Gasteiger partial charge in [-0.3, -0.25) is 0 Å². The first-order valence-electron chi connectivity index (χ1n) is 3.37. The zero-order valence-corrected chi connectivity index (χ0v) is 6.06. The molecule has 0 fully saturated rings. The number of aryl methyl sites for hydroxylation is 1. The fourth-order valence-electron chi connectivity index (χ4n) is 1.08. The molecule has 11 heavy (non-hydrogen) atoms. The summed E-state index contributed by atoms with van der Waals surface area (Å²) >= 11 is 0. The molecule has 0 aromatic carbocycles. The summed E-state index contributed by atoms with van der Waals surface area (Å²) in [7, 11) is 0. The molecule has 0 aliphatic carbocycles. The summed E-state index contributed by atoms with van der Waals surface area (Å²) in [6, 6.07) is 1.69. The van der Waals surface area contributed by atoms with Gasteiger partial charge in [0.1, 0.15) is 11.5 Å². The number of nitrogens with zero attached hydrogens (tertiary/aromatic N) is 1. The van der Waals surface area contributed by atoms with E-state index in [0.717, 1.165) is 0 Å². The van der Waals surface area contributed by atoms with E-state index in [-0.39, 0.29) is 5.82 Å². The maximum atomic E-state index is 13.2. The minimum Gasteiger partial charge on any atom is -0.346 e. The summed E-state index contributed by atoms with van der Waals surface area (Å²) in [5.74, 6) is -0.184. The Bertz CT molecular complexity index is 392. The number of H-pyrrole nitrogens is 1. The van der Waals surface area contributed by atoms with Crippen LogP contribution in [0.2, 0.25) is 0 Å². The van der Waals surface area contributed by atoms with Gasteiger partial charge in [-0.2, -0.15) is 0 Å². The highest BCUT2D eigenvalue weighted by Crippen LogP contribution is 2.16. The fourth-order valence-corrected chi connectivity index (χ4v) is 1.08. The zero-order valence-electron chi connectivity index (χ0n) is 6.06. The van der Waals surface area contributed by atoms with E-state index >= 15 is 0 Å². The van der Waals surface area contributed by atoms with Crippen LogP contribution in [0, 0.1) is 12.7 Å². The van der Waals surface area contributed by atoms with E-state index in [1.54, 1.807) is 19.2 Å². The van der Waals surface area contributed by atoms with Crippen molar-refractivity contribution in [2.75, 3.05) is 0 Å². The molecule has 2 nitrogen and oxygen atoms in total. The first kappa shape index (κ1) is 6.34. The summed E-state index contributed by atoms with van der Waals surface area (Å²) < 4.78 is 13.2. The maximum absolute atomic E-state index is 13.2. The Labute approximate surface area is 63.1 Å². The van der Waals surface area contributed by atoms with Crippen molar-refractivity contribution in [3.8, 4) is 0 Å². The Morgan fingerprint density at radius 2 is 2.36 bits per heavy atom. The lowest BCUT2D eigenvalue weighted by atomic mass is 10.2. The van der Waals surface area contributed by atoms with Crippen LogP contribution in [-0.4, -0.2) is 9.97 Å². The second-order valence-electron chi connectivity index (χ2n) is 2.50. The molecule has 0 amide bonds. The van der Waals surface area contributed by atoms with Crippen molar-refractivity contribution in [3.05, 3.63) is 29.8 Å². The second kappa shape index (κ2) is 2.05. The summed E-state index contributed by atoms with van der Waals surface area (Å²) in [4.78, 5) is 6.84. The molecule has 0 saturated carbocycles. The predicted octanol–water partition coefficient (Wildman–Crippen LogP) is 2.01. The molecule has 2 rings (SSSR count). The molecule has 3 heteroatoms. The van der Waals surface area contributed by atoms with Gasteiger partial charge in [-0.25, -0.2) is 9.37 Å². The van der Waals surface area contributed by atoms with Crippen molar-refractivity contribution >= 4 is 11.0 Å². The van der Waals surface area contributed by atoms with Crippen molar-refractivity contribution in [1.82, 2.24) is 9.97 Å². The molecular weight excluding hydrogens is 143 g/mol. The van der Waals surface area contributed by atoms with Crippen molar-refractivity contribution in [2.45, 2.75) is 6.92 Å². The molecule has 2 aromatic heterocycles. The van der Waals surface area contributed by atoms with Gasteiger partial charge in [-0.05, 0) is 13.0 Å². The van der Waals surface area contributed by atoms with Gasteiger partial charge in [0.05, 0.1) is 5.39 Å². The topological polar surface area (TPSA) is 28.7 Å². The smallest absolute Gasteiger partial charge is 0.140 e. The van der Waals surface area contributed by atoms with Crippen LogP contribution in [0.25, 0.3) is 11.0 Å². The number of pyridine rings is 1. The van der Waals surface area contributed by atoms with Crippen LogP contribution in [-0.2, 0) is 0 Å². The van der Waals surface area contributed by atoms with Crippen molar-refractivity contribution < 1.29 is 4.39 Å². The SMILES string of the molecule is Cc1cnc2[nH]ccc2c1F. The van der Waals surface area contributed by atoms with Crippen LogP contribution in [0.5, 0.6) is 0 Å². The molecule has 0 saturated heterocycles. The summed E-state index contributed by atoms with van der Waals surface area (Å²) in [6.07, 6.45) is 3.20. The first-order valence-corrected chi connectivity index (χ1v) is 3.37. The Morgan fingerprint density at radius 3 is 3.18 bits per heavy atom. The number of aromatic amines is 1. The van der Waals surface area contributed by atoms with Gasteiger partial charge in [0.15, 0.2) is 0 Å². The normalized spacial score (nSPS) is 10.7. The average molecular weight is 150 g/mol. The van der Waals surface area contributed by atoms with Gasteiger partial charge in [0.2, 0.25) is 0 Å². The van der Waals surface area contributed by atoms with Crippen molar-refractivity contribution in [3.63, 3.8) is 0 Å². The third kappa shape index (κ3) is 0.808. The predicted molar refractivity (Wildman–Crippen MR) is 40.8 cm³/mol. The average Bonchev–Trinajstić information content (AvgIpc) is 2.45. The van der Waals surface area contributed by atoms with Gasteiger partial charge in [0.25, 0.3) is 0 Å². The van der Waals surface area contributed by atoms with E-state index in [1.165, 1.54) is 6.20 Å². The van der Waals surface area contributed by atoms with Gasteiger partial charge >= 0.3 is 0 Å². The number of rotatable bonds is 0. The fraction of sp³-hybridized carbons (Fsp3) is 0.125. The highest BCUT2D eigenvalue weighted by atomic mass is 19.1. The lowest BCUT2D eigenvalue weighted by molar-refractivity contribution is 0.629. The van der Waals surface area contributed by atoms with E-state index in [4.69, 9.17) is 0 Å². The highest BCUT2D eigenvalue weighted by molar-refractivity contribution is 5.76. The minimum atomic E-state index is -0.184. The van der Waals surface area contributed by atoms with E-state index < -0.39 is 0 Å². The lowest BCUT2D eigenvalue weighted by Crippen LogP contribution is -1.85. The van der Waals surface area contributed by atoms with E-state index in [9.17, 15) is 4.39 Å². The molecule has 1 N–H and O–H groups in total. The summed E-state index contributed by atoms with van der Waals surface area (Å²) in [5.41, 5.74) is 1.19. The summed E-state index contributed by atoms with van der Waals surface area (Å²) in [6.45, 7) is 1.70. The molecule has 56 valence electrons. The van der Waals surface area contributed by atoms with Crippen LogP contribution in [0.4, 0.5) is 4.39 Å². The second-order valence-corrected chi connectivity index (χ2v) is 2.50. The Balaban J connectivity index is 2.93. The van der Waals surface area contributed by atoms with Gasteiger partial charge in [0, 0.05) is 18.0 Å². The summed E-state index contributed by atoms with van der Waals surface area (Å²) in [5, 5.41) is 0.560. The molecule has 2 aromatic rings. The first-order chi connectivity index (χ1) is 5.29. The molecule has 0 aliphatic heterocycles. The van der Waals surface area contributed by atoms with Crippen LogP contribution in [0.15, 0.2) is 18.5 Å². The Kier molecular flexibility index (Phi) is 1.18. The van der Waals surface area contributed by atoms with E-state index in [1.807, 2.05) is 0 Å². The van der Waals surface area contributed by atoms with E-state index in [2.05, 4.69) is 9.97 Å². The minimum absolute atomic E-state index is 0.184. The van der Waals surface area contributed by atoms with Gasteiger partial charge in [-0.15, -0.1) is 0 Å². The molecule has 0 radical (unpaired) electrons. The Hall–Kier alpha value is -1.38. The molecule has 0 aliphatic rings. The largest absolute Gasteiger partial charge is 0.346 e. The maximum Gasteiger partial charge on any atom is 0.140 e.